The van der Waals surface area contributed by atoms with Gasteiger partial charge in [-0.25, -0.2) is 4.98 Å². The fourth-order valence-corrected chi connectivity index (χ4v) is 3.45. The zero-order valence-electron chi connectivity index (χ0n) is 15.2. The minimum Gasteiger partial charge on any atom is -0.497 e. The lowest BCUT2D eigenvalue weighted by Gasteiger charge is -2.21. The van der Waals surface area contributed by atoms with Crippen molar-refractivity contribution in [2.24, 2.45) is 0 Å². The molecule has 0 fully saturated rings. The van der Waals surface area contributed by atoms with E-state index < -0.39 is 0 Å². The maximum Gasteiger partial charge on any atom is 0.229 e. The molecule has 1 aromatic carbocycles. The number of carbonyl (C=O) groups excluding carboxylic acids is 1. The lowest BCUT2D eigenvalue weighted by Crippen LogP contribution is -2.32. The van der Waals surface area contributed by atoms with Gasteiger partial charge >= 0.3 is 0 Å². The summed E-state index contributed by atoms with van der Waals surface area (Å²) >= 11 is 1.52. The van der Waals surface area contributed by atoms with E-state index in [2.05, 4.69) is 16.5 Å². The Kier molecular flexibility index (Phi) is 6.33. The molecule has 0 bridgehead atoms. The maximum absolute atomic E-state index is 12.8. The van der Waals surface area contributed by atoms with Crippen LogP contribution < -0.4 is 4.74 Å². The topological polar surface area (TPSA) is 55.3 Å². The Balaban J connectivity index is 1.68. The van der Waals surface area contributed by atoms with Crippen LogP contribution in [0.3, 0.4) is 0 Å². The molecule has 0 unspecified atom stereocenters. The molecule has 0 radical (unpaired) electrons. The minimum atomic E-state index is 0.0220. The largest absolute Gasteiger partial charge is 0.497 e. The smallest absolute Gasteiger partial charge is 0.229 e. The Labute approximate surface area is 163 Å². The van der Waals surface area contributed by atoms with Crippen molar-refractivity contribution in [2.75, 3.05) is 13.7 Å². The van der Waals surface area contributed by atoms with Gasteiger partial charge in [0.15, 0.2) is 0 Å². The summed E-state index contributed by atoms with van der Waals surface area (Å²) in [6.45, 7) is 4.78. The highest BCUT2D eigenvalue weighted by Gasteiger charge is 2.16. The van der Waals surface area contributed by atoms with Crippen LogP contribution in [0.4, 0.5) is 0 Å². The molecule has 138 valence electrons. The Morgan fingerprint density at radius 1 is 1.30 bits per heavy atom. The number of pyridine rings is 1. The van der Waals surface area contributed by atoms with Gasteiger partial charge in [-0.2, -0.15) is 0 Å². The molecule has 0 N–H and O–H groups in total. The summed E-state index contributed by atoms with van der Waals surface area (Å²) in [4.78, 5) is 23.3. The van der Waals surface area contributed by atoms with Crippen LogP contribution in [-0.4, -0.2) is 34.4 Å². The van der Waals surface area contributed by atoms with Crippen LogP contribution in [0, 0.1) is 0 Å². The summed E-state index contributed by atoms with van der Waals surface area (Å²) in [5.41, 5.74) is 2.77. The molecule has 0 aliphatic heterocycles. The first-order valence-corrected chi connectivity index (χ1v) is 9.44. The third-order valence-corrected chi connectivity index (χ3v) is 4.97. The minimum absolute atomic E-state index is 0.0220. The van der Waals surface area contributed by atoms with Gasteiger partial charge in [-0.1, -0.05) is 18.2 Å². The number of carbonyl (C=O) groups is 1. The number of methoxy groups -OCH3 is 1. The van der Waals surface area contributed by atoms with E-state index in [9.17, 15) is 4.79 Å². The highest BCUT2D eigenvalue weighted by Crippen LogP contribution is 2.23. The van der Waals surface area contributed by atoms with Crippen LogP contribution in [0.1, 0.15) is 11.3 Å². The van der Waals surface area contributed by atoms with Crippen molar-refractivity contribution >= 4 is 17.2 Å². The molecule has 27 heavy (non-hydrogen) atoms. The molecule has 3 aromatic rings. The number of hydrogen-bond acceptors (Lipinski definition) is 5. The molecular weight excluding hydrogens is 358 g/mol. The zero-order valence-corrected chi connectivity index (χ0v) is 16.0. The molecule has 2 aromatic heterocycles. The van der Waals surface area contributed by atoms with Gasteiger partial charge in [0.05, 0.1) is 19.2 Å². The molecule has 0 spiro atoms. The Hall–Kier alpha value is -2.99. The SMILES string of the molecule is C=CCN(Cc1ccc(OC)cc1)C(=O)Cc1csc(-c2cccnc2)n1. The van der Waals surface area contributed by atoms with E-state index >= 15 is 0 Å². The van der Waals surface area contributed by atoms with Gasteiger partial charge in [0.25, 0.3) is 0 Å². The van der Waals surface area contributed by atoms with Gasteiger partial charge in [-0.15, -0.1) is 17.9 Å². The summed E-state index contributed by atoms with van der Waals surface area (Å²) in [6, 6.07) is 11.6. The quantitative estimate of drug-likeness (QED) is 0.556. The first-order chi connectivity index (χ1) is 13.2. The number of rotatable bonds is 8. The monoisotopic (exact) mass is 379 g/mol. The van der Waals surface area contributed by atoms with E-state index in [-0.39, 0.29) is 12.3 Å². The lowest BCUT2D eigenvalue weighted by molar-refractivity contribution is -0.130. The van der Waals surface area contributed by atoms with E-state index in [0.29, 0.717) is 13.1 Å². The van der Waals surface area contributed by atoms with Gasteiger partial charge in [0.1, 0.15) is 10.8 Å². The molecule has 5 nitrogen and oxygen atoms in total. The molecule has 1 amide bonds. The van der Waals surface area contributed by atoms with Gasteiger partial charge in [0, 0.05) is 36.4 Å². The van der Waals surface area contributed by atoms with Crippen LogP contribution in [-0.2, 0) is 17.8 Å². The number of benzene rings is 1. The fourth-order valence-electron chi connectivity index (χ4n) is 2.64. The first kappa shape index (κ1) is 18.8. The van der Waals surface area contributed by atoms with Gasteiger partial charge < -0.3 is 9.64 Å². The van der Waals surface area contributed by atoms with E-state index in [1.54, 1.807) is 30.5 Å². The summed E-state index contributed by atoms with van der Waals surface area (Å²) in [5.74, 6) is 0.819. The van der Waals surface area contributed by atoms with Crippen molar-refractivity contribution in [3.05, 3.63) is 78.1 Å². The van der Waals surface area contributed by atoms with Gasteiger partial charge in [0.2, 0.25) is 5.91 Å². The molecular formula is C21H21N3O2S. The normalized spacial score (nSPS) is 10.4. The fraction of sp³-hybridized carbons (Fsp3) is 0.190. The van der Waals surface area contributed by atoms with E-state index in [1.807, 2.05) is 41.8 Å². The van der Waals surface area contributed by atoms with Crippen molar-refractivity contribution < 1.29 is 9.53 Å². The number of hydrogen-bond donors (Lipinski definition) is 0. The van der Waals surface area contributed by atoms with Crippen molar-refractivity contribution in [1.29, 1.82) is 0 Å². The molecule has 0 aliphatic carbocycles. The summed E-state index contributed by atoms with van der Waals surface area (Å²) in [7, 11) is 1.64. The standard InChI is InChI=1S/C21H21N3O2S/c1-3-11-24(14-16-6-8-19(26-2)9-7-16)20(25)12-18-15-27-21(23-18)17-5-4-10-22-13-17/h3-10,13,15H,1,11-12,14H2,2H3. The van der Waals surface area contributed by atoms with Gasteiger partial charge in [-0.3, -0.25) is 9.78 Å². The second kappa shape index (κ2) is 9.09. The number of amides is 1. The molecule has 0 atom stereocenters. The second-order valence-electron chi connectivity index (χ2n) is 5.97. The predicted molar refractivity (Wildman–Crippen MR) is 108 cm³/mol. The summed E-state index contributed by atoms with van der Waals surface area (Å²) in [6.07, 6.45) is 5.51. The molecule has 2 heterocycles. The highest BCUT2D eigenvalue weighted by molar-refractivity contribution is 7.13. The average molecular weight is 379 g/mol. The number of thiazole rings is 1. The summed E-state index contributed by atoms with van der Waals surface area (Å²) in [5, 5.41) is 2.80. The third-order valence-electron chi connectivity index (χ3n) is 4.03. The Morgan fingerprint density at radius 2 is 2.11 bits per heavy atom. The van der Waals surface area contributed by atoms with Crippen LogP contribution in [0.2, 0.25) is 0 Å². The molecule has 0 saturated carbocycles. The number of nitrogens with zero attached hydrogens (tertiary/aromatic N) is 3. The summed E-state index contributed by atoms with van der Waals surface area (Å²) < 4.78 is 5.18. The average Bonchev–Trinajstić information content (AvgIpc) is 3.17. The van der Waals surface area contributed by atoms with E-state index in [1.165, 1.54) is 11.3 Å². The van der Waals surface area contributed by atoms with Crippen molar-refractivity contribution in [2.45, 2.75) is 13.0 Å². The Morgan fingerprint density at radius 3 is 2.78 bits per heavy atom. The number of ether oxygens (including phenoxy) is 1. The molecule has 6 heteroatoms. The van der Waals surface area contributed by atoms with Crippen molar-refractivity contribution in [3.63, 3.8) is 0 Å². The lowest BCUT2D eigenvalue weighted by atomic mass is 10.2. The van der Waals surface area contributed by atoms with Crippen LogP contribution in [0.15, 0.2) is 66.8 Å². The van der Waals surface area contributed by atoms with Crippen molar-refractivity contribution in [3.8, 4) is 16.3 Å². The Bertz CT molecular complexity index is 891. The molecule has 3 rings (SSSR count). The van der Waals surface area contributed by atoms with Crippen molar-refractivity contribution in [1.82, 2.24) is 14.9 Å². The molecule has 0 saturated heterocycles. The van der Waals surface area contributed by atoms with Crippen LogP contribution >= 0.6 is 11.3 Å². The first-order valence-electron chi connectivity index (χ1n) is 8.56. The maximum atomic E-state index is 12.8. The van der Waals surface area contributed by atoms with E-state index in [0.717, 1.165) is 27.6 Å². The highest BCUT2D eigenvalue weighted by atomic mass is 32.1. The zero-order chi connectivity index (χ0) is 19.1. The third kappa shape index (κ3) is 5.01. The van der Waals surface area contributed by atoms with Crippen LogP contribution in [0.25, 0.3) is 10.6 Å². The van der Waals surface area contributed by atoms with Crippen LogP contribution in [0.5, 0.6) is 5.75 Å². The van der Waals surface area contributed by atoms with Gasteiger partial charge in [-0.05, 0) is 29.8 Å². The molecule has 0 aliphatic rings. The van der Waals surface area contributed by atoms with E-state index in [4.69, 9.17) is 4.74 Å². The predicted octanol–water partition coefficient (Wildman–Crippen LogP) is 3.97. The second-order valence-corrected chi connectivity index (χ2v) is 6.83. The number of aromatic nitrogens is 2.